The summed E-state index contributed by atoms with van der Waals surface area (Å²) in [5.41, 5.74) is 3.65. The van der Waals surface area contributed by atoms with Gasteiger partial charge in [0.15, 0.2) is 8.32 Å². The number of hydrogen-bond acceptors (Lipinski definition) is 3. The molecular formula is C24H50O3Si2. The third-order valence-electron chi connectivity index (χ3n) is 8.35. The molecule has 2 rings (SSSR count). The number of fused-ring (bicyclic) bond motifs is 1. The first kappa shape index (κ1) is 25.6. The van der Waals surface area contributed by atoms with Gasteiger partial charge >= 0.3 is 0 Å². The van der Waals surface area contributed by atoms with Crippen LogP contribution in [0.1, 0.15) is 95.9 Å². The van der Waals surface area contributed by atoms with Crippen LogP contribution >= 0.6 is 0 Å². The Bertz CT molecular complexity index is 501. The zero-order chi connectivity index (χ0) is 22.4. The first-order valence-corrected chi connectivity index (χ1v) is 16.6. The molecule has 3 atom stereocenters. The average Bonchev–Trinajstić information content (AvgIpc) is 3.19. The molecule has 1 aliphatic carbocycles. The van der Waals surface area contributed by atoms with Gasteiger partial charge in [-0.1, -0.05) is 83.1 Å². The molecular weight excluding hydrogens is 392 g/mol. The van der Waals surface area contributed by atoms with Crippen LogP contribution in [-0.2, 0) is 13.6 Å². The molecule has 2 aliphatic rings. The van der Waals surface area contributed by atoms with Crippen LogP contribution in [0.25, 0.3) is 0 Å². The molecule has 0 aromatic carbocycles. The molecule has 0 spiro atoms. The monoisotopic (exact) mass is 442 g/mol. The van der Waals surface area contributed by atoms with Crippen molar-refractivity contribution in [3.8, 4) is 0 Å². The highest BCUT2D eigenvalue weighted by atomic mass is 28.4. The van der Waals surface area contributed by atoms with Crippen LogP contribution in [0.4, 0.5) is 0 Å². The van der Waals surface area contributed by atoms with Gasteiger partial charge in [-0.05, 0) is 46.1 Å². The van der Waals surface area contributed by atoms with E-state index in [0.717, 1.165) is 19.4 Å². The van der Waals surface area contributed by atoms with Crippen molar-refractivity contribution in [1.82, 2.24) is 0 Å². The second-order valence-corrected chi connectivity index (χ2v) is 22.6. The summed E-state index contributed by atoms with van der Waals surface area (Å²) < 4.78 is 20.4. The van der Waals surface area contributed by atoms with Crippen molar-refractivity contribution in [3.63, 3.8) is 0 Å². The highest BCUT2D eigenvalue weighted by Gasteiger charge is 2.67. The SMILES string of the molecule is CC(C)[Si](OC[C@@]12CC[C@@H](O[Si](C(C)C)(C(C)C)C(C)C)[C@@H]1O2)(C(C)C)C(C)C. The standard InChI is InChI=1S/C24H50O3Si2/c1-16(2)28(17(3)4,18(5)6)25-15-24-14-13-22(23(24)26-24)27-29(19(7)8,20(9)10)21(11)12/h16-23H,13-15H2,1-12H3/t22-,23+,24+/m1/s1. The van der Waals surface area contributed by atoms with Crippen LogP contribution in [0.5, 0.6) is 0 Å². The molecule has 29 heavy (non-hydrogen) atoms. The molecule has 0 unspecified atom stereocenters. The molecule has 172 valence electrons. The highest BCUT2D eigenvalue weighted by molar-refractivity contribution is 6.78. The van der Waals surface area contributed by atoms with Crippen LogP contribution in [0.2, 0.25) is 33.2 Å². The molecule has 0 amide bonds. The average molecular weight is 443 g/mol. The molecule has 2 fully saturated rings. The smallest absolute Gasteiger partial charge is 0.200 e. The summed E-state index contributed by atoms with van der Waals surface area (Å²) in [4.78, 5) is 0. The number of rotatable bonds is 11. The highest BCUT2D eigenvalue weighted by Crippen LogP contribution is 2.55. The molecule has 1 heterocycles. The van der Waals surface area contributed by atoms with Crippen molar-refractivity contribution in [2.75, 3.05) is 6.61 Å². The van der Waals surface area contributed by atoms with E-state index in [9.17, 15) is 0 Å². The summed E-state index contributed by atoms with van der Waals surface area (Å²) in [5, 5.41) is 0. The van der Waals surface area contributed by atoms with E-state index in [1.54, 1.807) is 0 Å². The summed E-state index contributed by atoms with van der Waals surface area (Å²) in [6.45, 7) is 29.2. The van der Waals surface area contributed by atoms with Crippen LogP contribution in [0, 0.1) is 0 Å². The van der Waals surface area contributed by atoms with Gasteiger partial charge in [0.1, 0.15) is 11.7 Å². The minimum absolute atomic E-state index is 0.0628. The lowest BCUT2D eigenvalue weighted by atomic mass is 10.1. The molecule has 0 N–H and O–H groups in total. The maximum Gasteiger partial charge on any atom is 0.200 e. The van der Waals surface area contributed by atoms with E-state index in [2.05, 4.69) is 83.1 Å². The molecule has 0 bridgehead atoms. The van der Waals surface area contributed by atoms with Gasteiger partial charge in [0.05, 0.1) is 12.7 Å². The summed E-state index contributed by atoms with van der Waals surface area (Å²) in [6, 6.07) is 0. The summed E-state index contributed by atoms with van der Waals surface area (Å²) in [5.74, 6) is 0. The minimum Gasteiger partial charge on any atom is -0.413 e. The van der Waals surface area contributed by atoms with Crippen LogP contribution in [-0.4, -0.2) is 41.1 Å². The zero-order valence-corrected chi connectivity index (χ0v) is 23.5. The van der Waals surface area contributed by atoms with E-state index in [1.165, 1.54) is 0 Å². The first-order chi connectivity index (χ1) is 13.3. The fourth-order valence-electron chi connectivity index (χ4n) is 7.10. The Balaban J connectivity index is 2.12. The van der Waals surface area contributed by atoms with Crippen LogP contribution < -0.4 is 0 Å². The molecule has 1 saturated heterocycles. The third-order valence-corrected chi connectivity index (χ3v) is 20.5. The van der Waals surface area contributed by atoms with E-state index in [0.29, 0.717) is 33.2 Å². The summed E-state index contributed by atoms with van der Waals surface area (Å²) in [7, 11) is -3.72. The molecule has 0 aromatic rings. The van der Waals surface area contributed by atoms with Gasteiger partial charge in [0.25, 0.3) is 0 Å². The lowest BCUT2D eigenvalue weighted by Crippen LogP contribution is -2.51. The lowest BCUT2D eigenvalue weighted by Gasteiger charge is -2.44. The van der Waals surface area contributed by atoms with E-state index in [4.69, 9.17) is 13.6 Å². The van der Waals surface area contributed by atoms with Gasteiger partial charge in [0, 0.05) is 0 Å². The van der Waals surface area contributed by atoms with Gasteiger partial charge < -0.3 is 13.6 Å². The number of epoxide rings is 1. The van der Waals surface area contributed by atoms with Gasteiger partial charge in [-0.15, -0.1) is 0 Å². The van der Waals surface area contributed by atoms with Crippen molar-refractivity contribution in [2.24, 2.45) is 0 Å². The van der Waals surface area contributed by atoms with Gasteiger partial charge in [-0.25, -0.2) is 0 Å². The molecule has 0 aromatic heterocycles. The van der Waals surface area contributed by atoms with E-state index < -0.39 is 16.6 Å². The second-order valence-electron chi connectivity index (χ2n) is 11.7. The molecule has 3 nitrogen and oxygen atoms in total. The molecule has 1 saturated carbocycles. The number of hydrogen-bond donors (Lipinski definition) is 0. The molecule has 1 aliphatic heterocycles. The Morgan fingerprint density at radius 1 is 0.724 bits per heavy atom. The van der Waals surface area contributed by atoms with E-state index in [1.807, 2.05) is 0 Å². The first-order valence-electron chi connectivity index (χ1n) is 12.3. The molecule has 5 heteroatoms. The van der Waals surface area contributed by atoms with Gasteiger partial charge in [-0.2, -0.15) is 0 Å². The minimum atomic E-state index is -1.87. The number of ether oxygens (including phenoxy) is 1. The van der Waals surface area contributed by atoms with Gasteiger partial charge in [-0.3, -0.25) is 0 Å². The lowest BCUT2D eigenvalue weighted by molar-refractivity contribution is 0.101. The predicted molar refractivity (Wildman–Crippen MR) is 130 cm³/mol. The predicted octanol–water partition coefficient (Wildman–Crippen LogP) is 7.67. The Morgan fingerprint density at radius 2 is 1.14 bits per heavy atom. The third kappa shape index (κ3) is 4.33. The maximum atomic E-state index is 7.11. The summed E-state index contributed by atoms with van der Waals surface area (Å²) in [6.07, 6.45) is 2.75. The zero-order valence-electron chi connectivity index (χ0n) is 21.5. The van der Waals surface area contributed by atoms with Crippen molar-refractivity contribution in [3.05, 3.63) is 0 Å². The van der Waals surface area contributed by atoms with Gasteiger partial charge in [0.2, 0.25) is 8.32 Å². The summed E-state index contributed by atoms with van der Waals surface area (Å²) >= 11 is 0. The normalized spacial score (nSPS) is 27.9. The van der Waals surface area contributed by atoms with Crippen LogP contribution in [0.3, 0.4) is 0 Å². The Labute approximate surface area is 183 Å². The Hall–Kier alpha value is 0.314. The quantitative estimate of drug-likeness (QED) is 0.243. The fraction of sp³-hybridized carbons (Fsp3) is 1.00. The largest absolute Gasteiger partial charge is 0.413 e. The van der Waals surface area contributed by atoms with Crippen molar-refractivity contribution >= 4 is 16.6 Å². The topological polar surface area (TPSA) is 31.0 Å². The van der Waals surface area contributed by atoms with Crippen molar-refractivity contribution in [1.29, 1.82) is 0 Å². The van der Waals surface area contributed by atoms with E-state index >= 15 is 0 Å². The van der Waals surface area contributed by atoms with Crippen LogP contribution in [0.15, 0.2) is 0 Å². The van der Waals surface area contributed by atoms with Crippen molar-refractivity contribution < 1.29 is 13.6 Å². The Morgan fingerprint density at radius 3 is 1.48 bits per heavy atom. The molecule has 0 radical (unpaired) electrons. The maximum absolute atomic E-state index is 7.11. The second kappa shape index (κ2) is 9.05. The fourth-order valence-corrected chi connectivity index (χ4v) is 18.2. The van der Waals surface area contributed by atoms with Crippen molar-refractivity contribution in [2.45, 2.75) is 147 Å². The Kier molecular flexibility index (Phi) is 7.98. The van der Waals surface area contributed by atoms with E-state index in [-0.39, 0.29) is 17.8 Å².